The van der Waals surface area contributed by atoms with Crippen LogP contribution >= 0.6 is 0 Å². The second-order valence-electron chi connectivity index (χ2n) is 4.92. The van der Waals surface area contributed by atoms with Crippen molar-refractivity contribution in [3.05, 3.63) is 35.9 Å². The van der Waals surface area contributed by atoms with E-state index < -0.39 is 11.5 Å². The first-order valence-corrected chi connectivity index (χ1v) is 6.19. The minimum absolute atomic E-state index is 0.330. The fourth-order valence-corrected chi connectivity index (χ4v) is 2.52. The zero-order chi connectivity index (χ0) is 12.3. The third-order valence-corrected chi connectivity index (χ3v) is 3.63. The van der Waals surface area contributed by atoms with Crippen LogP contribution < -0.4 is 5.32 Å². The predicted molar refractivity (Wildman–Crippen MR) is 66.8 cm³/mol. The number of nitrogens with one attached hydrogen (secondary N) is 1. The molecule has 0 bridgehead atoms. The van der Waals surface area contributed by atoms with Crippen LogP contribution in [0.4, 0.5) is 0 Å². The molecule has 92 valence electrons. The van der Waals surface area contributed by atoms with Gasteiger partial charge < -0.3 is 5.11 Å². The van der Waals surface area contributed by atoms with Crippen LogP contribution in [0.5, 0.6) is 0 Å². The first-order chi connectivity index (χ1) is 8.13. The monoisotopic (exact) mass is 233 g/mol. The van der Waals surface area contributed by atoms with E-state index in [0.717, 1.165) is 18.4 Å². The van der Waals surface area contributed by atoms with Gasteiger partial charge in [0.05, 0.1) is 0 Å². The molecule has 17 heavy (non-hydrogen) atoms. The standard InChI is InChI=1S/C14H19NO2/c1-14(13(16)17,11-7-3-2-4-8-11)15-12-9-5-6-10-12/h2-4,7-8,12,15H,5-6,9-10H2,1H3,(H,16,17). The number of carboxylic acids is 1. The summed E-state index contributed by atoms with van der Waals surface area (Å²) in [5, 5.41) is 12.8. The Balaban J connectivity index is 2.23. The first-order valence-electron chi connectivity index (χ1n) is 6.19. The van der Waals surface area contributed by atoms with Gasteiger partial charge in [0, 0.05) is 6.04 Å². The Hall–Kier alpha value is -1.35. The van der Waals surface area contributed by atoms with Crippen molar-refractivity contribution in [2.45, 2.75) is 44.2 Å². The molecule has 1 unspecified atom stereocenters. The molecular weight excluding hydrogens is 214 g/mol. The number of benzene rings is 1. The Kier molecular flexibility index (Phi) is 3.48. The molecule has 0 aromatic heterocycles. The fraction of sp³-hybridized carbons (Fsp3) is 0.500. The van der Waals surface area contributed by atoms with Gasteiger partial charge in [0.2, 0.25) is 0 Å². The van der Waals surface area contributed by atoms with Gasteiger partial charge in [-0.15, -0.1) is 0 Å². The summed E-state index contributed by atoms with van der Waals surface area (Å²) >= 11 is 0. The number of rotatable bonds is 4. The third-order valence-electron chi connectivity index (χ3n) is 3.63. The van der Waals surface area contributed by atoms with Gasteiger partial charge in [0.25, 0.3) is 0 Å². The van der Waals surface area contributed by atoms with E-state index in [4.69, 9.17) is 0 Å². The maximum Gasteiger partial charge on any atom is 0.328 e. The summed E-state index contributed by atoms with van der Waals surface area (Å²) in [7, 11) is 0. The van der Waals surface area contributed by atoms with E-state index in [1.807, 2.05) is 30.3 Å². The fourth-order valence-electron chi connectivity index (χ4n) is 2.52. The molecule has 3 nitrogen and oxygen atoms in total. The van der Waals surface area contributed by atoms with Gasteiger partial charge in [-0.25, -0.2) is 4.79 Å². The molecule has 1 atom stereocenters. The van der Waals surface area contributed by atoms with Gasteiger partial charge in [0.1, 0.15) is 5.54 Å². The van der Waals surface area contributed by atoms with Crippen LogP contribution in [0.15, 0.2) is 30.3 Å². The number of carbonyl (C=O) groups is 1. The van der Waals surface area contributed by atoms with Crippen molar-refractivity contribution in [2.75, 3.05) is 0 Å². The zero-order valence-electron chi connectivity index (χ0n) is 10.1. The third kappa shape index (κ3) is 2.50. The van der Waals surface area contributed by atoms with Crippen LogP contribution in [0.3, 0.4) is 0 Å². The van der Waals surface area contributed by atoms with Crippen molar-refractivity contribution < 1.29 is 9.90 Å². The Bertz CT molecular complexity index is 384. The van der Waals surface area contributed by atoms with E-state index in [1.165, 1.54) is 12.8 Å². The van der Waals surface area contributed by atoms with Gasteiger partial charge in [-0.3, -0.25) is 5.32 Å². The van der Waals surface area contributed by atoms with E-state index in [1.54, 1.807) is 6.92 Å². The Labute approximate surface area is 102 Å². The maximum absolute atomic E-state index is 11.5. The average Bonchev–Trinajstić information content (AvgIpc) is 2.82. The molecule has 3 heteroatoms. The second kappa shape index (κ2) is 4.88. The highest BCUT2D eigenvalue weighted by atomic mass is 16.4. The highest BCUT2D eigenvalue weighted by Gasteiger charge is 2.37. The number of hydrogen-bond donors (Lipinski definition) is 2. The van der Waals surface area contributed by atoms with Gasteiger partial charge in [0.15, 0.2) is 0 Å². The molecule has 0 spiro atoms. The lowest BCUT2D eigenvalue weighted by Gasteiger charge is -2.30. The van der Waals surface area contributed by atoms with Crippen LogP contribution in [0.1, 0.15) is 38.2 Å². The topological polar surface area (TPSA) is 49.3 Å². The smallest absolute Gasteiger partial charge is 0.328 e. The number of carboxylic acid groups (broad SMARTS) is 1. The van der Waals surface area contributed by atoms with Crippen LogP contribution in [0, 0.1) is 0 Å². The predicted octanol–water partition coefficient (Wildman–Crippen LogP) is 2.52. The van der Waals surface area contributed by atoms with Gasteiger partial charge in [-0.1, -0.05) is 43.2 Å². The second-order valence-corrected chi connectivity index (χ2v) is 4.92. The summed E-state index contributed by atoms with van der Waals surface area (Å²) in [6.07, 6.45) is 4.55. The average molecular weight is 233 g/mol. The van der Waals surface area contributed by atoms with Crippen LogP contribution in [-0.4, -0.2) is 17.1 Å². The molecule has 1 aromatic rings. The molecule has 0 heterocycles. The van der Waals surface area contributed by atoms with Crippen LogP contribution in [-0.2, 0) is 10.3 Å². The summed E-state index contributed by atoms with van der Waals surface area (Å²) in [6.45, 7) is 1.75. The van der Waals surface area contributed by atoms with E-state index in [2.05, 4.69) is 5.32 Å². The van der Waals surface area contributed by atoms with Crippen LogP contribution in [0.2, 0.25) is 0 Å². The molecule has 1 saturated carbocycles. The Morgan fingerprint density at radius 1 is 1.29 bits per heavy atom. The molecule has 0 radical (unpaired) electrons. The number of hydrogen-bond acceptors (Lipinski definition) is 2. The van der Waals surface area contributed by atoms with Crippen molar-refractivity contribution in [1.29, 1.82) is 0 Å². The molecule has 0 amide bonds. The van der Waals surface area contributed by atoms with E-state index in [-0.39, 0.29) is 0 Å². The molecule has 0 saturated heterocycles. The van der Waals surface area contributed by atoms with E-state index >= 15 is 0 Å². The molecule has 2 N–H and O–H groups in total. The van der Waals surface area contributed by atoms with Gasteiger partial charge >= 0.3 is 5.97 Å². The largest absolute Gasteiger partial charge is 0.480 e. The quantitative estimate of drug-likeness (QED) is 0.840. The SMILES string of the molecule is CC(NC1CCCC1)(C(=O)O)c1ccccc1. The van der Waals surface area contributed by atoms with E-state index in [9.17, 15) is 9.90 Å². The Morgan fingerprint density at radius 2 is 1.88 bits per heavy atom. The van der Waals surface area contributed by atoms with Crippen molar-refractivity contribution in [3.63, 3.8) is 0 Å². The minimum Gasteiger partial charge on any atom is -0.480 e. The normalized spacial score (nSPS) is 20.1. The molecule has 2 rings (SSSR count). The molecular formula is C14H19NO2. The molecule has 1 aliphatic carbocycles. The summed E-state index contributed by atoms with van der Waals surface area (Å²) in [6, 6.07) is 9.74. The molecule has 0 aliphatic heterocycles. The molecule has 1 aliphatic rings. The summed E-state index contributed by atoms with van der Waals surface area (Å²) < 4.78 is 0. The lowest BCUT2D eigenvalue weighted by Crippen LogP contribution is -2.50. The molecule has 1 aromatic carbocycles. The van der Waals surface area contributed by atoms with Crippen LogP contribution in [0.25, 0.3) is 0 Å². The molecule has 1 fully saturated rings. The van der Waals surface area contributed by atoms with E-state index in [0.29, 0.717) is 6.04 Å². The summed E-state index contributed by atoms with van der Waals surface area (Å²) in [4.78, 5) is 11.5. The lowest BCUT2D eigenvalue weighted by molar-refractivity contribution is -0.145. The summed E-state index contributed by atoms with van der Waals surface area (Å²) in [5.41, 5.74) is -0.157. The van der Waals surface area contributed by atoms with Crippen molar-refractivity contribution in [3.8, 4) is 0 Å². The van der Waals surface area contributed by atoms with Crippen molar-refractivity contribution >= 4 is 5.97 Å². The minimum atomic E-state index is -0.976. The van der Waals surface area contributed by atoms with Crippen molar-refractivity contribution in [2.24, 2.45) is 0 Å². The van der Waals surface area contributed by atoms with Gasteiger partial charge in [-0.05, 0) is 25.3 Å². The maximum atomic E-state index is 11.5. The zero-order valence-corrected chi connectivity index (χ0v) is 10.1. The highest BCUT2D eigenvalue weighted by Crippen LogP contribution is 2.26. The first kappa shape index (κ1) is 12.1. The van der Waals surface area contributed by atoms with Gasteiger partial charge in [-0.2, -0.15) is 0 Å². The van der Waals surface area contributed by atoms with Crippen molar-refractivity contribution in [1.82, 2.24) is 5.32 Å². The Morgan fingerprint density at radius 3 is 2.41 bits per heavy atom. The number of aliphatic carboxylic acids is 1. The highest BCUT2D eigenvalue weighted by molar-refractivity contribution is 5.80. The summed E-state index contributed by atoms with van der Waals surface area (Å²) in [5.74, 6) is -0.810. The lowest BCUT2D eigenvalue weighted by atomic mass is 9.91.